The monoisotopic (exact) mass is 271 g/mol. The van der Waals surface area contributed by atoms with E-state index < -0.39 is 0 Å². The lowest BCUT2D eigenvalue weighted by Crippen LogP contribution is -2.38. The third-order valence-corrected chi connectivity index (χ3v) is 5.50. The van der Waals surface area contributed by atoms with Crippen LogP contribution in [0.4, 0.5) is 0 Å². The Morgan fingerprint density at radius 1 is 1.15 bits per heavy atom. The molecule has 3 rings (SSSR count). The average molecular weight is 271 g/mol. The minimum Gasteiger partial charge on any atom is -0.314 e. The number of fused-ring (bicyclic) bond motifs is 1. The first-order valence-corrected chi connectivity index (χ1v) is 8.27. The van der Waals surface area contributed by atoms with E-state index in [2.05, 4.69) is 51.2 Å². The summed E-state index contributed by atoms with van der Waals surface area (Å²) in [6, 6.07) is 7.66. The van der Waals surface area contributed by atoms with E-state index in [4.69, 9.17) is 0 Å². The highest BCUT2D eigenvalue weighted by Gasteiger charge is 2.53. The molecular formula is C19H29N. The second-order valence-corrected chi connectivity index (χ2v) is 7.80. The largest absolute Gasteiger partial charge is 0.314 e. The Kier molecular flexibility index (Phi) is 3.66. The lowest BCUT2D eigenvalue weighted by atomic mass is 9.77. The van der Waals surface area contributed by atoms with Crippen LogP contribution < -0.4 is 5.32 Å². The molecule has 2 fully saturated rings. The van der Waals surface area contributed by atoms with Crippen LogP contribution in [0.2, 0.25) is 0 Å². The van der Waals surface area contributed by atoms with Crippen molar-refractivity contribution in [3.05, 3.63) is 34.9 Å². The van der Waals surface area contributed by atoms with Crippen molar-refractivity contribution in [2.75, 3.05) is 6.54 Å². The van der Waals surface area contributed by atoms with Gasteiger partial charge in [-0.15, -0.1) is 0 Å². The number of aryl methyl sites for hydroxylation is 2. The van der Waals surface area contributed by atoms with Crippen LogP contribution in [0.15, 0.2) is 18.2 Å². The lowest BCUT2D eigenvalue weighted by molar-refractivity contribution is 0.241. The van der Waals surface area contributed by atoms with Crippen molar-refractivity contribution >= 4 is 0 Å². The predicted octanol–water partition coefficient (Wildman–Crippen LogP) is 4.26. The number of nitrogens with one attached hydrogen (secondary N) is 1. The molecule has 2 saturated carbocycles. The fourth-order valence-electron chi connectivity index (χ4n) is 4.12. The standard InChI is InChI=1S/C19H29N/c1-13(2)20-12-19(10-17-8-18(17)11-19)9-16-6-5-14(3)15(4)7-16/h5-7,13,17-18,20H,8-12H2,1-4H3. The Morgan fingerprint density at radius 2 is 1.85 bits per heavy atom. The molecule has 2 unspecified atom stereocenters. The second-order valence-electron chi connectivity index (χ2n) is 7.80. The van der Waals surface area contributed by atoms with Crippen LogP contribution in [0.1, 0.15) is 49.8 Å². The zero-order valence-corrected chi connectivity index (χ0v) is 13.5. The molecule has 0 aromatic heterocycles. The second kappa shape index (κ2) is 5.18. The van der Waals surface area contributed by atoms with Gasteiger partial charge >= 0.3 is 0 Å². The molecule has 110 valence electrons. The molecule has 0 heterocycles. The summed E-state index contributed by atoms with van der Waals surface area (Å²) in [5, 5.41) is 3.72. The molecule has 0 aliphatic heterocycles. The maximum Gasteiger partial charge on any atom is 0.00136 e. The summed E-state index contributed by atoms with van der Waals surface area (Å²) < 4.78 is 0. The Balaban J connectivity index is 1.74. The normalized spacial score (nSPS) is 31.6. The van der Waals surface area contributed by atoms with Crippen LogP contribution >= 0.6 is 0 Å². The number of hydrogen-bond acceptors (Lipinski definition) is 1. The summed E-state index contributed by atoms with van der Waals surface area (Å²) in [6.07, 6.45) is 5.67. The smallest absolute Gasteiger partial charge is 0.00136 e. The van der Waals surface area contributed by atoms with Crippen LogP contribution in [0.5, 0.6) is 0 Å². The first-order valence-electron chi connectivity index (χ1n) is 8.27. The third kappa shape index (κ3) is 2.93. The van der Waals surface area contributed by atoms with Gasteiger partial charge in [0, 0.05) is 12.6 Å². The van der Waals surface area contributed by atoms with Gasteiger partial charge < -0.3 is 5.32 Å². The molecule has 0 spiro atoms. The highest BCUT2D eigenvalue weighted by atomic mass is 14.9. The van der Waals surface area contributed by atoms with Crippen molar-refractivity contribution in [1.82, 2.24) is 5.32 Å². The fourth-order valence-corrected chi connectivity index (χ4v) is 4.12. The van der Waals surface area contributed by atoms with Gasteiger partial charge in [0.25, 0.3) is 0 Å². The van der Waals surface area contributed by atoms with Crippen molar-refractivity contribution in [1.29, 1.82) is 0 Å². The Hall–Kier alpha value is -0.820. The molecule has 1 heteroatoms. The molecule has 0 radical (unpaired) electrons. The van der Waals surface area contributed by atoms with Crippen LogP contribution in [-0.2, 0) is 6.42 Å². The first-order chi connectivity index (χ1) is 9.47. The van der Waals surface area contributed by atoms with E-state index >= 15 is 0 Å². The zero-order chi connectivity index (χ0) is 14.3. The molecule has 2 aliphatic carbocycles. The topological polar surface area (TPSA) is 12.0 Å². The maximum atomic E-state index is 3.72. The average Bonchev–Trinajstić information content (AvgIpc) is 3.00. The van der Waals surface area contributed by atoms with Crippen LogP contribution in [0, 0.1) is 31.1 Å². The van der Waals surface area contributed by atoms with Crippen molar-refractivity contribution in [2.24, 2.45) is 17.3 Å². The fraction of sp³-hybridized carbons (Fsp3) is 0.684. The molecule has 1 aromatic carbocycles. The highest BCUT2D eigenvalue weighted by molar-refractivity contribution is 5.31. The number of benzene rings is 1. The van der Waals surface area contributed by atoms with E-state index in [1.54, 1.807) is 5.56 Å². The third-order valence-electron chi connectivity index (χ3n) is 5.50. The number of rotatable bonds is 5. The van der Waals surface area contributed by atoms with Gasteiger partial charge in [-0.2, -0.15) is 0 Å². The van der Waals surface area contributed by atoms with Crippen molar-refractivity contribution in [3.8, 4) is 0 Å². The van der Waals surface area contributed by atoms with Crippen molar-refractivity contribution in [3.63, 3.8) is 0 Å². The summed E-state index contributed by atoms with van der Waals surface area (Å²) in [6.45, 7) is 10.2. The van der Waals surface area contributed by atoms with Gasteiger partial charge in [0.15, 0.2) is 0 Å². The quantitative estimate of drug-likeness (QED) is 0.843. The maximum absolute atomic E-state index is 3.72. The molecule has 0 amide bonds. The van der Waals surface area contributed by atoms with Crippen molar-refractivity contribution in [2.45, 2.75) is 59.4 Å². The van der Waals surface area contributed by atoms with E-state index in [-0.39, 0.29) is 0 Å². The van der Waals surface area contributed by atoms with Crippen molar-refractivity contribution < 1.29 is 0 Å². The van der Waals surface area contributed by atoms with Gasteiger partial charge in [0.2, 0.25) is 0 Å². The summed E-state index contributed by atoms with van der Waals surface area (Å²) in [4.78, 5) is 0. The van der Waals surface area contributed by atoms with E-state index in [0.717, 1.165) is 11.8 Å². The molecule has 2 aliphatic rings. The van der Waals surface area contributed by atoms with Gasteiger partial charge in [-0.05, 0) is 73.5 Å². The molecule has 1 aromatic rings. The minimum absolute atomic E-state index is 0.527. The molecule has 1 nitrogen and oxygen atoms in total. The predicted molar refractivity (Wildman–Crippen MR) is 86.0 cm³/mol. The van der Waals surface area contributed by atoms with Crippen LogP contribution in [-0.4, -0.2) is 12.6 Å². The summed E-state index contributed by atoms with van der Waals surface area (Å²) >= 11 is 0. The van der Waals surface area contributed by atoms with Crippen LogP contribution in [0.3, 0.4) is 0 Å². The SMILES string of the molecule is Cc1ccc(CC2(CNC(C)C)CC3CC3C2)cc1C. The van der Waals surface area contributed by atoms with E-state index in [1.165, 1.54) is 43.4 Å². The van der Waals surface area contributed by atoms with Gasteiger partial charge in [-0.1, -0.05) is 32.0 Å². The minimum atomic E-state index is 0.527. The van der Waals surface area contributed by atoms with E-state index in [0.29, 0.717) is 11.5 Å². The molecule has 1 N–H and O–H groups in total. The molecule has 0 saturated heterocycles. The Labute approximate surface area is 124 Å². The molecule has 20 heavy (non-hydrogen) atoms. The van der Waals surface area contributed by atoms with Gasteiger partial charge in [0.1, 0.15) is 0 Å². The molecular weight excluding hydrogens is 242 g/mol. The van der Waals surface area contributed by atoms with E-state index in [1.807, 2.05) is 0 Å². The Bertz CT molecular complexity index is 479. The lowest BCUT2D eigenvalue weighted by Gasteiger charge is -2.32. The summed E-state index contributed by atoms with van der Waals surface area (Å²) in [5.41, 5.74) is 4.93. The highest BCUT2D eigenvalue weighted by Crippen LogP contribution is 2.60. The van der Waals surface area contributed by atoms with Gasteiger partial charge in [-0.3, -0.25) is 0 Å². The van der Waals surface area contributed by atoms with Gasteiger partial charge in [0.05, 0.1) is 0 Å². The number of hydrogen-bond donors (Lipinski definition) is 1. The van der Waals surface area contributed by atoms with Crippen LogP contribution in [0.25, 0.3) is 0 Å². The molecule has 2 atom stereocenters. The summed E-state index contributed by atoms with van der Waals surface area (Å²) in [7, 11) is 0. The molecule has 0 bridgehead atoms. The Morgan fingerprint density at radius 3 is 2.45 bits per heavy atom. The zero-order valence-electron chi connectivity index (χ0n) is 13.5. The van der Waals surface area contributed by atoms with Gasteiger partial charge in [-0.25, -0.2) is 0 Å². The van der Waals surface area contributed by atoms with E-state index in [9.17, 15) is 0 Å². The first kappa shape index (κ1) is 14.1. The summed E-state index contributed by atoms with van der Waals surface area (Å²) in [5.74, 6) is 2.10.